The van der Waals surface area contributed by atoms with Gasteiger partial charge >= 0.3 is 0 Å². The van der Waals surface area contributed by atoms with Gasteiger partial charge in [0, 0.05) is 6.21 Å². The number of rotatable bonds is 1. The summed E-state index contributed by atoms with van der Waals surface area (Å²) in [4.78, 5) is 4.35. The van der Waals surface area contributed by atoms with Gasteiger partial charge in [0.25, 0.3) is 0 Å². The second kappa shape index (κ2) is 3.53. The molecule has 0 aliphatic carbocycles. The maximum Gasteiger partial charge on any atom is 0.0625 e. The average molecular weight is 161 g/mol. The smallest absolute Gasteiger partial charge is 0.0625 e. The molecule has 0 N–H and O–H groups in total. The van der Waals surface area contributed by atoms with E-state index in [2.05, 4.69) is 25.8 Å². The van der Waals surface area contributed by atoms with Crippen molar-refractivity contribution in [1.82, 2.24) is 0 Å². The van der Waals surface area contributed by atoms with Gasteiger partial charge in [-0.3, -0.25) is 4.99 Å². The van der Waals surface area contributed by atoms with Crippen molar-refractivity contribution in [2.24, 2.45) is 10.4 Å². The highest BCUT2D eigenvalue weighted by atomic mass is 14.7. The van der Waals surface area contributed by atoms with Gasteiger partial charge < -0.3 is 0 Å². The number of hydrogen-bond donors (Lipinski definition) is 0. The zero-order valence-electron chi connectivity index (χ0n) is 7.91. The Morgan fingerprint density at radius 1 is 1.08 bits per heavy atom. The Morgan fingerprint density at radius 2 is 1.67 bits per heavy atom. The SMILES string of the molecule is CC(C)(C)/C=N/c1ccccc1. The van der Waals surface area contributed by atoms with Gasteiger partial charge in [0.1, 0.15) is 0 Å². The van der Waals surface area contributed by atoms with Crippen LogP contribution in [0.4, 0.5) is 5.69 Å². The Labute approximate surface area is 74.2 Å². The molecule has 0 aliphatic heterocycles. The summed E-state index contributed by atoms with van der Waals surface area (Å²) in [6, 6.07) is 9.99. The van der Waals surface area contributed by atoms with E-state index in [1.807, 2.05) is 36.5 Å². The predicted molar refractivity (Wildman–Crippen MR) is 54.0 cm³/mol. The molecule has 0 fully saturated rings. The van der Waals surface area contributed by atoms with Crippen molar-refractivity contribution < 1.29 is 0 Å². The van der Waals surface area contributed by atoms with Crippen LogP contribution in [0.1, 0.15) is 20.8 Å². The van der Waals surface area contributed by atoms with Crippen molar-refractivity contribution in [3.05, 3.63) is 30.3 Å². The molecule has 1 heteroatoms. The van der Waals surface area contributed by atoms with E-state index in [0.717, 1.165) is 5.69 Å². The molecule has 64 valence electrons. The van der Waals surface area contributed by atoms with E-state index in [9.17, 15) is 0 Å². The lowest BCUT2D eigenvalue weighted by Gasteiger charge is -2.09. The van der Waals surface area contributed by atoms with Gasteiger partial charge in [0.05, 0.1) is 5.69 Å². The van der Waals surface area contributed by atoms with E-state index < -0.39 is 0 Å². The van der Waals surface area contributed by atoms with Crippen LogP contribution in [0.5, 0.6) is 0 Å². The molecule has 0 aliphatic rings. The zero-order chi connectivity index (χ0) is 9.03. The molecule has 0 heterocycles. The molecule has 0 spiro atoms. The molecule has 1 rings (SSSR count). The van der Waals surface area contributed by atoms with Gasteiger partial charge in [0.2, 0.25) is 0 Å². The van der Waals surface area contributed by atoms with Gasteiger partial charge in [0.15, 0.2) is 0 Å². The first-order chi connectivity index (χ1) is 5.58. The summed E-state index contributed by atoms with van der Waals surface area (Å²) >= 11 is 0. The van der Waals surface area contributed by atoms with E-state index in [1.165, 1.54) is 0 Å². The molecule has 1 nitrogen and oxygen atoms in total. The first-order valence-corrected chi connectivity index (χ1v) is 4.18. The fourth-order valence-corrected chi connectivity index (χ4v) is 0.782. The number of para-hydroxylation sites is 1. The number of aliphatic imine (C=N–C) groups is 1. The molecule has 12 heavy (non-hydrogen) atoms. The number of hydrogen-bond acceptors (Lipinski definition) is 1. The Kier molecular flexibility index (Phi) is 2.64. The average Bonchev–Trinajstić information content (AvgIpc) is 2.02. The second-order valence-corrected chi connectivity index (χ2v) is 3.96. The molecule has 0 saturated heterocycles. The van der Waals surface area contributed by atoms with Crippen LogP contribution in [-0.4, -0.2) is 6.21 Å². The lowest BCUT2D eigenvalue weighted by atomic mass is 9.99. The molecule has 0 unspecified atom stereocenters. The van der Waals surface area contributed by atoms with E-state index in [-0.39, 0.29) is 5.41 Å². The van der Waals surface area contributed by atoms with Crippen molar-refractivity contribution in [2.45, 2.75) is 20.8 Å². The third-order valence-electron chi connectivity index (χ3n) is 1.36. The van der Waals surface area contributed by atoms with Crippen LogP contribution >= 0.6 is 0 Å². The molecule has 1 aromatic carbocycles. The molecule has 0 amide bonds. The second-order valence-electron chi connectivity index (χ2n) is 3.96. The summed E-state index contributed by atoms with van der Waals surface area (Å²) in [5.74, 6) is 0. The van der Waals surface area contributed by atoms with Crippen LogP contribution in [0.15, 0.2) is 35.3 Å². The normalized spacial score (nSPS) is 12.2. The van der Waals surface area contributed by atoms with Gasteiger partial charge in [-0.2, -0.15) is 0 Å². The van der Waals surface area contributed by atoms with Crippen LogP contribution in [0.25, 0.3) is 0 Å². The quantitative estimate of drug-likeness (QED) is 0.559. The minimum atomic E-state index is 0.163. The van der Waals surface area contributed by atoms with Crippen molar-refractivity contribution >= 4 is 11.9 Å². The molecule has 0 bridgehead atoms. The predicted octanol–water partition coefficient (Wildman–Crippen LogP) is 3.44. The van der Waals surface area contributed by atoms with Crippen LogP contribution < -0.4 is 0 Å². The van der Waals surface area contributed by atoms with E-state index in [1.54, 1.807) is 0 Å². The Bertz CT molecular complexity index is 254. The molecule has 0 radical (unpaired) electrons. The summed E-state index contributed by atoms with van der Waals surface area (Å²) in [5.41, 5.74) is 1.18. The fourth-order valence-electron chi connectivity index (χ4n) is 0.782. The molecule has 0 aromatic heterocycles. The first-order valence-electron chi connectivity index (χ1n) is 4.18. The highest BCUT2D eigenvalue weighted by Gasteiger charge is 2.04. The topological polar surface area (TPSA) is 12.4 Å². The Balaban J connectivity index is 2.71. The van der Waals surface area contributed by atoms with Gasteiger partial charge in [-0.1, -0.05) is 39.0 Å². The Hall–Kier alpha value is -1.11. The molecular formula is C11H15N. The summed E-state index contributed by atoms with van der Waals surface area (Å²) in [6.45, 7) is 6.41. The van der Waals surface area contributed by atoms with Gasteiger partial charge in [-0.25, -0.2) is 0 Å². The lowest BCUT2D eigenvalue weighted by molar-refractivity contribution is 0.607. The minimum Gasteiger partial charge on any atom is -0.261 e. The zero-order valence-corrected chi connectivity index (χ0v) is 7.91. The van der Waals surface area contributed by atoms with E-state index >= 15 is 0 Å². The maximum atomic E-state index is 4.35. The monoisotopic (exact) mass is 161 g/mol. The standard InChI is InChI=1S/C11H15N/c1-11(2,3)9-12-10-7-5-4-6-8-10/h4-9H,1-3H3/b12-9+. The molecule has 0 atom stereocenters. The highest BCUT2D eigenvalue weighted by Crippen LogP contribution is 2.14. The van der Waals surface area contributed by atoms with Gasteiger partial charge in [-0.15, -0.1) is 0 Å². The fraction of sp³-hybridized carbons (Fsp3) is 0.364. The molecule has 0 saturated carbocycles. The third kappa shape index (κ3) is 3.33. The third-order valence-corrected chi connectivity index (χ3v) is 1.36. The maximum absolute atomic E-state index is 4.35. The summed E-state index contributed by atoms with van der Waals surface area (Å²) in [6.07, 6.45) is 1.97. The van der Waals surface area contributed by atoms with Crippen molar-refractivity contribution in [2.75, 3.05) is 0 Å². The lowest BCUT2D eigenvalue weighted by Crippen LogP contribution is -2.05. The number of benzene rings is 1. The van der Waals surface area contributed by atoms with Crippen LogP contribution in [0.3, 0.4) is 0 Å². The number of nitrogens with zero attached hydrogens (tertiary/aromatic N) is 1. The van der Waals surface area contributed by atoms with Crippen molar-refractivity contribution in [1.29, 1.82) is 0 Å². The van der Waals surface area contributed by atoms with Crippen molar-refractivity contribution in [3.63, 3.8) is 0 Å². The van der Waals surface area contributed by atoms with E-state index in [4.69, 9.17) is 0 Å². The van der Waals surface area contributed by atoms with Crippen LogP contribution in [0.2, 0.25) is 0 Å². The molecule has 1 aromatic rings. The first kappa shape index (κ1) is 8.98. The van der Waals surface area contributed by atoms with Crippen LogP contribution in [0, 0.1) is 5.41 Å². The van der Waals surface area contributed by atoms with Gasteiger partial charge in [-0.05, 0) is 17.5 Å². The van der Waals surface area contributed by atoms with E-state index in [0.29, 0.717) is 0 Å². The highest BCUT2D eigenvalue weighted by molar-refractivity contribution is 5.68. The summed E-state index contributed by atoms with van der Waals surface area (Å²) in [7, 11) is 0. The molecular weight excluding hydrogens is 146 g/mol. The Morgan fingerprint density at radius 3 is 2.17 bits per heavy atom. The van der Waals surface area contributed by atoms with Crippen LogP contribution in [-0.2, 0) is 0 Å². The largest absolute Gasteiger partial charge is 0.261 e. The minimum absolute atomic E-state index is 0.163. The van der Waals surface area contributed by atoms with Crippen molar-refractivity contribution in [3.8, 4) is 0 Å². The summed E-state index contributed by atoms with van der Waals surface area (Å²) in [5, 5.41) is 0. The summed E-state index contributed by atoms with van der Waals surface area (Å²) < 4.78 is 0.